The number of hydrogen-bond donors (Lipinski definition) is 1. The quantitative estimate of drug-likeness (QED) is 0.656. The molecule has 0 saturated heterocycles. The standard InChI is InChI=1S/C18H22BrNO2.ClH/c1-3-22-17-12-15(11-16(19)18(17)21-2)13-20-10-9-14-7-5-4-6-8-14;/h4-8,11-12,20H,3,9-10,13H2,1-2H3;1H. The fourth-order valence-electron chi connectivity index (χ4n) is 2.29. The number of ether oxygens (including phenoxy) is 2. The van der Waals surface area contributed by atoms with Crippen LogP contribution in [0.2, 0.25) is 0 Å². The summed E-state index contributed by atoms with van der Waals surface area (Å²) in [6.07, 6.45) is 1.02. The van der Waals surface area contributed by atoms with Crippen molar-refractivity contribution in [3.05, 3.63) is 58.1 Å². The first-order valence-corrected chi connectivity index (χ1v) is 8.27. The van der Waals surface area contributed by atoms with E-state index in [1.807, 2.05) is 19.1 Å². The molecule has 2 aromatic rings. The van der Waals surface area contributed by atoms with E-state index in [4.69, 9.17) is 9.47 Å². The normalized spacial score (nSPS) is 10.0. The van der Waals surface area contributed by atoms with Crippen molar-refractivity contribution in [2.24, 2.45) is 0 Å². The van der Waals surface area contributed by atoms with Gasteiger partial charge >= 0.3 is 0 Å². The van der Waals surface area contributed by atoms with Gasteiger partial charge < -0.3 is 14.8 Å². The van der Waals surface area contributed by atoms with Gasteiger partial charge in [-0.25, -0.2) is 0 Å². The molecule has 0 spiro atoms. The van der Waals surface area contributed by atoms with Crippen LogP contribution in [0.15, 0.2) is 46.9 Å². The third-order valence-corrected chi connectivity index (χ3v) is 3.92. The van der Waals surface area contributed by atoms with Crippen LogP contribution in [0.1, 0.15) is 18.1 Å². The minimum atomic E-state index is 0. The van der Waals surface area contributed by atoms with Gasteiger partial charge in [0.15, 0.2) is 11.5 Å². The van der Waals surface area contributed by atoms with Gasteiger partial charge in [0.25, 0.3) is 0 Å². The Morgan fingerprint density at radius 1 is 1.09 bits per heavy atom. The number of methoxy groups -OCH3 is 1. The van der Waals surface area contributed by atoms with Gasteiger partial charge in [0, 0.05) is 6.54 Å². The Bertz CT molecular complexity index is 593. The van der Waals surface area contributed by atoms with E-state index < -0.39 is 0 Å². The maximum atomic E-state index is 5.64. The number of halogens is 2. The van der Waals surface area contributed by atoms with Crippen LogP contribution in [-0.4, -0.2) is 20.3 Å². The molecule has 23 heavy (non-hydrogen) atoms. The highest BCUT2D eigenvalue weighted by Gasteiger charge is 2.10. The average molecular weight is 401 g/mol. The van der Waals surface area contributed by atoms with Crippen molar-refractivity contribution < 1.29 is 9.47 Å². The van der Waals surface area contributed by atoms with Crippen molar-refractivity contribution in [3.63, 3.8) is 0 Å². The molecule has 0 fully saturated rings. The first-order valence-electron chi connectivity index (χ1n) is 7.48. The van der Waals surface area contributed by atoms with Crippen molar-refractivity contribution in [2.45, 2.75) is 19.9 Å². The van der Waals surface area contributed by atoms with Crippen molar-refractivity contribution in [1.29, 1.82) is 0 Å². The summed E-state index contributed by atoms with van der Waals surface area (Å²) in [6.45, 7) is 4.33. The molecular formula is C18H23BrClNO2. The van der Waals surface area contributed by atoms with Gasteiger partial charge in [0.05, 0.1) is 18.2 Å². The van der Waals surface area contributed by atoms with Gasteiger partial charge in [-0.1, -0.05) is 30.3 Å². The summed E-state index contributed by atoms with van der Waals surface area (Å²) in [6, 6.07) is 14.6. The third kappa shape index (κ3) is 6.05. The lowest BCUT2D eigenvalue weighted by Crippen LogP contribution is -2.16. The summed E-state index contributed by atoms with van der Waals surface area (Å²) in [4.78, 5) is 0. The summed E-state index contributed by atoms with van der Waals surface area (Å²) in [5.74, 6) is 1.52. The van der Waals surface area contributed by atoms with Gasteiger partial charge in [-0.15, -0.1) is 12.4 Å². The number of benzene rings is 2. The Hall–Kier alpha value is -1.23. The fraction of sp³-hybridized carbons (Fsp3) is 0.333. The molecular weight excluding hydrogens is 378 g/mol. The van der Waals surface area contributed by atoms with Gasteiger partial charge in [-0.2, -0.15) is 0 Å². The van der Waals surface area contributed by atoms with E-state index in [-0.39, 0.29) is 12.4 Å². The van der Waals surface area contributed by atoms with E-state index in [1.54, 1.807) is 7.11 Å². The van der Waals surface area contributed by atoms with Gasteiger partial charge in [0.2, 0.25) is 0 Å². The third-order valence-electron chi connectivity index (χ3n) is 3.34. The molecule has 0 aliphatic rings. The Labute approximate surface area is 152 Å². The lowest BCUT2D eigenvalue weighted by molar-refractivity contribution is 0.309. The molecule has 2 aromatic carbocycles. The predicted molar refractivity (Wildman–Crippen MR) is 101 cm³/mol. The maximum absolute atomic E-state index is 5.64. The van der Waals surface area contributed by atoms with Gasteiger partial charge in [-0.05, 0) is 59.1 Å². The molecule has 0 radical (unpaired) electrons. The molecule has 126 valence electrons. The predicted octanol–water partition coefficient (Wildman–Crippen LogP) is 4.61. The Kier molecular flexibility index (Phi) is 9.07. The van der Waals surface area contributed by atoms with Crippen LogP contribution in [0, 0.1) is 0 Å². The summed E-state index contributed by atoms with van der Waals surface area (Å²) in [7, 11) is 1.65. The highest BCUT2D eigenvalue weighted by molar-refractivity contribution is 9.10. The second kappa shape index (κ2) is 10.5. The highest BCUT2D eigenvalue weighted by atomic mass is 79.9. The van der Waals surface area contributed by atoms with Crippen molar-refractivity contribution in [1.82, 2.24) is 5.32 Å². The molecule has 0 aromatic heterocycles. The molecule has 3 nitrogen and oxygen atoms in total. The van der Waals surface area contributed by atoms with Gasteiger partial charge in [0.1, 0.15) is 0 Å². The zero-order chi connectivity index (χ0) is 15.8. The Morgan fingerprint density at radius 3 is 2.48 bits per heavy atom. The molecule has 0 aliphatic carbocycles. The van der Waals surface area contributed by atoms with Crippen LogP contribution in [0.4, 0.5) is 0 Å². The topological polar surface area (TPSA) is 30.5 Å². The number of nitrogens with one attached hydrogen (secondary N) is 1. The summed E-state index contributed by atoms with van der Waals surface area (Å²) in [5.41, 5.74) is 2.52. The molecule has 0 unspecified atom stereocenters. The largest absolute Gasteiger partial charge is 0.492 e. The molecule has 2 rings (SSSR count). The van der Waals surface area contributed by atoms with Crippen LogP contribution >= 0.6 is 28.3 Å². The molecule has 5 heteroatoms. The smallest absolute Gasteiger partial charge is 0.174 e. The first kappa shape index (κ1) is 19.8. The minimum absolute atomic E-state index is 0. The van der Waals surface area contributed by atoms with E-state index >= 15 is 0 Å². The molecule has 1 N–H and O–H groups in total. The van der Waals surface area contributed by atoms with Crippen molar-refractivity contribution >= 4 is 28.3 Å². The summed E-state index contributed by atoms with van der Waals surface area (Å²) >= 11 is 3.54. The second-order valence-electron chi connectivity index (χ2n) is 4.95. The Balaban J connectivity index is 0.00000264. The Morgan fingerprint density at radius 2 is 1.83 bits per heavy atom. The lowest BCUT2D eigenvalue weighted by Gasteiger charge is -2.13. The summed E-state index contributed by atoms with van der Waals surface area (Å²) < 4.78 is 11.9. The number of hydrogen-bond acceptors (Lipinski definition) is 3. The minimum Gasteiger partial charge on any atom is -0.492 e. The van der Waals surface area contributed by atoms with E-state index in [9.17, 15) is 0 Å². The van der Waals surface area contributed by atoms with E-state index in [0.29, 0.717) is 6.61 Å². The van der Waals surface area contributed by atoms with Crippen LogP contribution in [0.5, 0.6) is 11.5 Å². The molecule has 0 atom stereocenters. The SMILES string of the molecule is CCOc1cc(CNCCc2ccccc2)cc(Br)c1OC.Cl. The molecule has 0 amide bonds. The maximum Gasteiger partial charge on any atom is 0.174 e. The molecule has 0 bridgehead atoms. The number of rotatable bonds is 8. The second-order valence-corrected chi connectivity index (χ2v) is 5.81. The molecule has 0 aliphatic heterocycles. The van der Waals surface area contributed by atoms with Crippen molar-refractivity contribution in [3.8, 4) is 11.5 Å². The van der Waals surface area contributed by atoms with E-state index in [1.165, 1.54) is 11.1 Å². The fourth-order valence-corrected chi connectivity index (χ4v) is 2.95. The average Bonchev–Trinajstić information content (AvgIpc) is 2.53. The van der Waals surface area contributed by atoms with Crippen LogP contribution < -0.4 is 14.8 Å². The molecule has 0 saturated carbocycles. The van der Waals surface area contributed by atoms with Crippen LogP contribution in [-0.2, 0) is 13.0 Å². The zero-order valence-electron chi connectivity index (χ0n) is 13.5. The summed E-state index contributed by atoms with van der Waals surface area (Å²) in [5, 5.41) is 3.47. The van der Waals surface area contributed by atoms with Crippen LogP contribution in [0.25, 0.3) is 0 Å². The van der Waals surface area contributed by atoms with E-state index in [0.717, 1.165) is 35.5 Å². The molecule has 0 heterocycles. The van der Waals surface area contributed by atoms with Gasteiger partial charge in [-0.3, -0.25) is 0 Å². The lowest BCUT2D eigenvalue weighted by atomic mass is 10.1. The van der Waals surface area contributed by atoms with Crippen molar-refractivity contribution in [2.75, 3.05) is 20.3 Å². The van der Waals surface area contributed by atoms with E-state index in [2.05, 4.69) is 51.6 Å². The first-order chi connectivity index (χ1) is 10.7. The van der Waals surface area contributed by atoms with Crippen LogP contribution in [0.3, 0.4) is 0 Å². The monoisotopic (exact) mass is 399 g/mol. The highest BCUT2D eigenvalue weighted by Crippen LogP contribution is 2.36. The zero-order valence-corrected chi connectivity index (χ0v) is 15.9.